The monoisotopic (exact) mass is 368 g/mol. The average molecular weight is 368 g/mol. The van der Waals surface area contributed by atoms with Crippen LogP contribution in [-0.4, -0.2) is 37.7 Å². The van der Waals surface area contributed by atoms with E-state index in [4.69, 9.17) is 0 Å². The maximum atomic E-state index is 12.8. The first-order valence-electron chi connectivity index (χ1n) is 7.87. The Morgan fingerprint density at radius 3 is 2.88 bits per heavy atom. The summed E-state index contributed by atoms with van der Waals surface area (Å²) >= 11 is 1.08. The van der Waals surface area contributed by atoms with Crippen LogP contribution in [0, 0.1) is 6.92 Å². The molecule has 3 aromatic rings. The van der Waals surface area contributed by atoms with E-state index in [-0.39, 0.29) is 5.92 Å². The van der Waals surface area contributed by atoms with Crippen LogP contribution in [-0.2, 0) is 6.18 Å². The number of hydrogen-bond donors (Lipinski definition) is 0. The van der Waals surface area contributed by atoms with Crippen LogP contribution in [0.15, 0.2) is 17.8 Å². The summed E-state index contributed by atoms with van der Waals surface area (Å²) in [5.41, 5.74) is 0.0225. The fourth-order valence-electron chi connectivity index (χ4n) is 3.13. The Bertz CT molecular complexity index is 902. The van der Waals surface area contributed by atoms with E-state index in [1.807, 2.05) is 13.0 Å². The van der Waals surface area contributed by atoms with E-state index >= 15 is 0 Å². The molecule has 0 saturated carbocycles. The molecule has 4 rings (SSSR count). The van der Waals surface area contributed by atoms with Crippen molar-refractivity contribution in [2.45, 2.75) is 31.9 Å². The van der Waals surface area contributed by atoms with Crippen molar-refractivity contribution in [3.05, 3.63) is 34.2 Å². The van der Waals surface area contributed by atoms with Crippen molar-refractivity contribution in [2.24, 2.45) is 0 Å². The second kappa shape index (κ2) is 5.94. The molecule has 25 heavy (non-hydrogen) atoms. The number of nitrogens with zero attached hydrogens (tertiary/aromatic N) is 6. The first kappa shape index (κ1) is 16.2. The van der Waals surface area contributed by atoms with Crippen molar-refractivity contribution in [1.29, 1.82) is 0 Å². The topological polar surface area (TPSA) is 59.2 Å². The molecule has 0 N–H and O–H groups in total. The van der Waals surface area contributed by atoms with Gasteiger partial charge in [0.05, 0.1) is 5.01 Å². The van der Waals surface area contributed by atoms with Gasteiger partial charge in [-0.3, -0.25) is 0 Å². The molecule has 1 saturated heterocycles. The molecule has 0 bridgehead atoms. The van der Waals surface area contributed by atoms with Gasteiger partial charge in [-0.05, 0) is 19.8 Å². The van der Waals surface area contributed by atoms with E-state index in [1.54, 1.807) is 4.52 Å². The predicted octanol–water partition coefficient (Wildman–Crippen LogP) is 3.29. The second-order valence-corrected chi connectivity index (χ2v) is 6.97. The molecule has 10 heteroatoms. The molecule has 0 radical (unpaired) electrons. The normalized spacial score (nSPS) is 18.9. The highest BCUT2D eigenvalue weighted by Gasteiger charge is 2.35. The van der Waals surface area contributed by atoms with Crippen LogP contribution in [0.5, 0.6) is 0 Å². The molecular weight excluding hydrogens is 353 g/mol. The maximum Gasteiger partial charge on any atom is 0.434 e. The minimum atomic E-state index is -4.39. The van der Waals surface area contributed by atoms with E-state index in [2.05, 4.69) is 25.0 Å². The van der Waals surface area contributed by atoms with Crippen LogP contribution < -0.4 is 4.90 Å². The number of anilines is 1. The average Bonchev–Trinajstić information content (AvgIpc) is 3.23. The first-order chi connectivity index (χ1) is 11.9. The number of halogens is 3. The lowest BCUT2D eigenvalue weighted by atomic mass is 9.98. The third kappa shape index (κ3) is 3.06. The molecule has 4 heterocycles. The van der Waals surface area contributed by atoms with Gasteiger partial charge >= 0.3 is 6.18 Å². The van der Waals surface area contributed by atoms with Crippen LogP contribution in [0.1, 0.15) is 35.2 Å². The van der Waals surface area contributed by atoms with Gasteiger partial charge in [-0.2, -0.15) is 27.8 Å². The van der Waals surface area contributed by atoms with Crippen LogP contribution >= 0.6 is 11.3 Å². The van der Waals surface area contributed by atoms with E-state index < -0.39 is 11.9 Å². The molecule has 1 aliphatic heterocycles. The molecule has 0 spiro atoms. The van der Waals surface area contributed by atoms with Gasteiger partial charge in [-0.1, -0.05) is 0 Å². The summed E-state index contributed by atoms with van der Waals surface area (Å²) in [6.45, 7) is 3.30. The lowest BCUT2D eigenvalue weighted by Crippen LogP contribution is -2.35. The Kier molecular flexibility index (Phi) is 3.86. The molecule has 0 aliphatic carbocycles. The summed E-state index contributed by atoms with van der Waals surface area (Å²) in [4.78, 5) is 14.4. The maximum absolute atomic E-state index is 12.8. The lowest BCUT2D eigenvalue weighted by molar-refractivity contribution is -0.140. The molecule has 6 nitrogen and oxygen atoms in total. The second-order valence-electron chi connectivity index (χ2n) is 6.08. The number of piperidine rings is 1. The quantitative estimate of drug-likeness (QED) is 0.695. The van der Waals surface area contributed by atoms with Gasteiger partial charge in [0.1, 0.15) is 12.1 Å². The van der Waals surface area contributed by atoms with Gasteiger partial charge in [0.15, 0.2) is 5.69 Å². The fraction of sp³-hybridized carbons (Fsp3) is 0.467. The van der Waals surface area contributed by atoms with E-state index in [9.17, 15) is 13.2 Å². The van der Waals surface area contributed by atoms with Crippen LogP contribution in [0.25, 0.3) is 5.78 Å². The van der Waals surface area contributed by atoms with Crippen LogP contribution in [0.4, 0.5) is 19.0 Å². The number of aromatic nitrogens is 5. The zero-order valence-electron chi connectivity index (χ0n) is 13.4. The summed E-state index contributed by atoms with van der Waals surface area (Å²) in [6.07, 6.45) is -1.24. The van der Waals surface area contributed by atoms with Crippen LogP contribution in [0.3, 0.4) is 0 Å². The zero-order chi connectivity index (χ0) is 17.6. The Labute approximate surface area is 145 Å². The molecule has 1 atom stereocenters. The molecule has 3 aromatic heterocycles. The lowest BCUT2D eigenvalue weighted by Gasteiger charge is -2.33. The summed E-state index contributed by atoms with van der Waals surface area (Å²) in [7, 11) is 0. The van der Waals surface area contributed by atoms with Gasteiger partial charge in [0.2, 0.25) is 0 Å². The Balaban J connectivity index is 1.62. The minimum absolute atomic E-state index is 0.0260. The van der Waals surface area contributed by atoms with Crippen molar-refractivity contribution < 1.29 is 13.2 Å². The van der Waals surface area contributed by atoms with Crippen molar-refractivity contribution >= 4 is 22.9 Å². The molecular formula is C15H15F3N6S. The summed E-state index contributed by atoms with van der Waals surface area (Å²) in [6, 6.07) is 1.92. The molecule has 0 amide bonds. The van der Waals surface area contributed by atoms with Crippen molar-refractivity contribution in [2.75, 3.05) is 18.0 Å². The number of thiazole rings is 1. The zero-order valence-corrected chi connectivity index (χ0v) is 14.2. The third-order valence-electron chi connectivity index (χ3n) is 4.27. The summed E-state index contributed by atoms with van der Waals surface area (Å²) in [5, 5.41) is 5.85. The van der Waals surface area contributed by atoms with Gasteiger partial charge in [-0.25, -0.2) is 9.97 Å². The standard InChI is InChI=1S/C15H15F3N6S/c1-9-5-12(24-14(21-9)19-8-20-24)23-4-2-3-10(6-23)13-22-11(7-25-13)15(16,17)18/h5,7-8,10H,2-4,6H2,1H3. The van der Waals surface area contributed by atoms with Gasteiger partial charge in [-0.15, -0.1) is 11.3 Å². The van der Waals surface area contributed by atoms with Gasteiger partial charge in [0.25, 0.3) is 5.78 Å². The smallest absolute Gasteiger partial charge is 0.356 e. The third-order valence-corrected chi connectivity index (χ3v) is 5.28. The molecule has 1 unspecified atom stereocenters. The molecule has 0 aromatic carbocycles. The predicted molar refractivity (Wildman–Crippen MR) is 86.8 cm³/mol. The van der Waals surface area contributed by atoms with Crippen LogP contribution in [0.2, 0.25) is 0 Å². The SMILES string of the molecule is Cc1cc(N2CCCC(c3nc(C(F)(F)F)cs3)C2)n2ncnc2n1. The molecule has 132 valence electrons. The first-order valence-corrected chi connectivity index (χ1v) is 8.75. The highest BCUT2D eigenvalue weighted by Crippen LogP contribution is 2.36. The van der Waals surface area contributed by atoms with Gasteiger partial charge < -0.3 is 4.90 Å². The molecule has 1 fully saturated rings. The summed E-state index contributed by atoms with van der Waals surface area (Å²) < 4.78 is 40.1. The number of aryl methyl sites for hydroxylation is 1. The number of hydrogen-bond acceptors (Lipinski definition) is 6. The minimum Gasteiger partial charge on any atom is -0.356 e. The summed E-state index contributed by atoms with van der Waals surface area (Å²) in [5.74, 6) is 1.35. The van der Waals surface area contributed by atoms with Crippen molar-refractivity contribution in [3.63, 3.8) is 0 Å². The largest absolute Gasteiger partial charge is 0.434 e. The number of alkyl halides is 3. The van der Waals surface area contributed by atoms with E-state index in [1.165, 1.54) is 6.33 Å². The van der Waals surface area contributed by atoms with Crippen molar-refractivity contribution in [3.8, 4) is 0 Å². The van der Waals surface area contributed by atoms with E-state index in [0.29, 0.717) is 17.3 Å². The Morgan fingerprint density at radius 1 is 1.28 bits per heavy atom. The number of rotatable bonds is 2. The fourth-order valence-corrected chi connectivity index (χ4v) is 4.08. The Morgan fingerprint density at radius 2 is 2.12 bits per heavy atom. The Hall–Kier alpha value is -2.23. The highest BCUT2D eigenvalue weighted by atomic mass is 32.1. The number of fused-ring (bicyclic) bond motifs is 1. The van der Waals surface area contributed by atoms with Gasteiger partial charge in [0, 0.05) is 36.1 Å². The highest BCUT2D eigenvalue weighted by molar-refractivity contribution is 7.09. The van der Waals surface area contributed by atoms with E-state index in [0.717, 1.165) is 47.6 Å². The van der Waals surface area contributed by atoms with Crippen molar-refractivity contribution in [1.82, 2.24) is 24.6 Å². The molecule has 1 aliphatic rings.